The van der Waals surface area contributed by atoms with Crippen LogP contribution in [0.25, 0.3) is 11.4 Å². The number of likely N-dealkylation sites (N-methyl/N-ethyl adjacent to an activating group) is 1. The summed E-state index contributed by atoms with van der Waals surface area (Å²) >= 11 is 3.01. The number of fused-ring (bicyclic) bond motifs is 2. The fourth-order valence-electron chi connectivity index (χ4n) is 6.98. The fourth-order valence-corrected chi connectivity index (χ4v) is 8.75. The van der Waals surface area contributed by atoms with Crippen LogP contribution in [-0.2, 0) is 11.8 Å². The van der Waals surface area contributed by atoms with Crippen molar-refractivity contribution in [2.75, 3.05) is 19.3 Å². The summed E-state index contributed by atoms with van der Waals surface area (Å²) in [4.78, 5) is 31.6. The molecular weight excluding hydrogens is 555 g/mol. The second-order valence-electron chi connectivity index (χ2n) is 11.4. The highest BCUT2D eigenvalue weighted by atomic mass is 32.1. The molecule has 1 saturated heterocycles. The maximum absolute atomic E-state index is 14.2. The molecule has 214 valence electrons. The van der Waals surface area contributed by atoms with E-state index in [9.17, 15) is 10.1 Å². The number of hydrogen-bond donors (Lipinski definition) is 2. The Morgan fingerprint density at radius 2 is 1.98 bits per heavy atom. The average Bonchev–Trinajstić information content (AvgIpc) is 3.67. The number of nitrogens with two attached hydrogens (primary N) is 2. The lowest BCUT2D eigenvalue weighted by Crippen LogP contribution is -2.41. The molecule has 0 amide bonds. The average molecular weight is 590 g/mol. The monoisotopic (exact) mass is 589 g/mol. The van der Waals surface area contributed by atoms with Crippen molar-refractivity contribution >= 4 is 33.5 Å². The van der Waals surface area contributed by atoms with Gasteiger partial charge in [-0.3, -0.25) is 9.69 Å². The third kappa shape index (κ3) is 4.82. The van der Waals surface area contributed by atoms with E-state index < -0.39 is 5.41 Å². The first-order valence-corrected chi connectivity index (χ1v) is 16.0. The van der Waals surface area contributed by atoms with Crippen molar-refractivity contribution in [2.45, 2.75) is 82.8 Å². The van der Waals surface area contributed by atoms with Gasteiger partial charge in [0.2, 0.25) is 17.5 Å². The van der Waals surface area contributed by atoms with Gasteiger partial charge >= 0.3 is 0 Å². The lowest BCUT2D eigenvalue weighted by atomic mass is 9.62. The van der Waals surface area contributed by atoms with Gasteiger partial charge in [0, 0.05) is 39.1 Å². The minimum Gasteiger partial charge on any atom is -0.473 e. The topological polar surface area (TPSA) is 144 Å². The Hall–Kier alpha value is -3.33. The van der Waals surface area contributed by atoms with Gasteiger partial charge in [0.05, 0.1) is 16.3 Å². The first-order valence-electron chi connectivity index (χ1n) is 14.3. The van der Waals surface area contributed by atoms with E-state index in [-0.39, 0.29) is 23.8 Å². The number of aromatic nitrogens is 3. The zero-order valence-electron chi connectivity index (χ0n) is 23.7. The second-order valence-corrected chi connectivity index (χ2v) is 13.6. The van der Waals surface area contributed by atoms with Gasteiger partial charge in [0.1, 0.15) is 22.9 Å². The van der Waals surface area contributed by atoms with E-state index in [2.05, 4.69) is 28.0 Å². The number of thiazole rings is 1. The van der Waals surface area contributed by atoms with Crippen molar-refractivity contribution in [3.05, 3.63) is 49.6 Å². The van der Waals surface area contributed by atoms with Crippen molar-refractivity contribution in [3.8, 4) is 23.3 Å². The van der Waals surface area contributed by atoms with Gasteiger partial charge in [-0.2, -0.15) is 10.2 Å². The highest BCUT2D eigenvalue weighted by Gasteiger charge is 2.46. The van der Waals surface area contributed by atoms with E-state index in [0.29, 0.717) is 45.5 Å². The molecule has 0 bridgehead atoms. The number of nitrogens with zero attached hydrogens (tertiary/aromatic N) is 5. The normalized spacial score (nSPS) is 23.4. The zero-order chi connectivity index (χ0) is 28.9. The van der Waals surface area contributed by atoms with Crippen LogP contribution < -0.4 is 16.2 Å². The van der Waals surface area contributed by atoms with Gasteiger partial charge in [-0.1, -0.05) is 0 Å². The van der Waals surface area contributed by atoms with Gasteiger partial charge in [-0.15, -0.1) is 22.7 Å². The summed E-state index contributed by atoms with van der Waals surface area (Å²) in [5.41, 5.74) is 16.4. The number of likely N-dealkylation sites (tertiary alicyclic amines) is 1. The lowest BCUT2D eigenvalue weighted by Gasteiger charge is -2.42. The molecule has 1 fully saturated rings. The Morgan fingerprint density at radius 3 is 2.66 bits per heavy atom. The highest BCUT2D eigenvalue weighted by Crippen LogP contribution is 2.53. The molecule has 0 unspecified atom stereocenters. The van der Waals surface area contributed by atoms with Gasteiger partial charge in [0.25, 0.3) is 0 Å². The van der Waals surface area contributed by atoms with Gasteiger partial charge in [0.15, 0.2) is 0 Å². The number of ether oxygens (including phenoxy) is 1. The molecule has 2 aliphatic carbocycles. The Morgan fingerprint density at radius 1 is 1.20 bits per heavy atom. The molecule has 3 atom stereocenters. The molecule has 0 saturated carbocycles. The number of anilines is 1. The number of nitriles is 1. The Labute approximate surface area is 248 Å². The van der Waals surface area contributed by atoms with Crippen molar-refractivity contribution in [1.82, 2.24) is 19.9 Å². The molecule has 0 radical (unpaired) electrons. The number of thiophene rings is 1. The molecule has 0 aromatic carbocycles. The third-order valence-corrected chi connectivity index (χ3v) is 10.8. The van der Waals surface area contributed by atoms with E-state index in [4.69, 9.17) is 21.2 Å². The summed E-state index contributed by atoms with van der Waals surface area (Å²) in [5, 5.41) is 13.3. The predicted molar refractivity (Wildman–Crippen MR) is 161 cm³/mol. The maximum Gasteiger partial charge on any atom is 0.228 e. The SMILES string of the molecule is Cc1nc(-c2cc(O[C@@H](C)[C@@H]3CCCN3C)nc(C(=O)C3=C(N)[C@@]4(CCC3)CCCc3sc(N)c(C#N)c34)n2)cs1. The summed E-state index contributed by atoms with van der Waals surface area (Å²) in [5.74, 6) is 0.130. The van der Waals surface area contributed by atoms with Crippen LogP contribution in [-0.4, -0.2) is 51.4 Å². The number of aryl methyl sites for hydroxylation is 2. The van der Waals surface area contributed by atoms with Crippen LogP contribution in [0, 0.1) is 18.3 Å². The molecule has 3 aromatic heterocycles. The molecule has 4 N–H and O–H groups in total. The first kappa shape index (κ1) is 27.8. The smallest absolute Gasteiger partial charge is 0.228 e. The first-order chi connectivity index (χ1) is 19.7. The van der Waals surface area contributed by atoms with Crippen LogP contribution in [0.5, 0.6) is 5.88 Å². The van der Waals surface area contributed by atoms with Crippen LogP contribution in [0.3, 0.4) is 0 Å². The van der Waals surface area contributed by atoms with E-state index in [0.717, 1.165) is 66.9 Å². The standard InChI is InChI=1S/C30H35N7O2S2/c1-16(22-8-6-12-37(22)3)39-24-13-20(21-15-40-17(2)34-21)35-29(36-24)26(38)18-7-4-10-30(27(18)32)11-5-9-23-25(30)19(14-31)28(33)41-23/h13,15-16,22H,4-12,32-33H2,1-3H3/t16-,22-,30-/m0/s1. The minimum absolute atomic E-state index is 0.0616. The van der Waals surface area contributed by atoms with Crippen molar-refractivity contribution in [1.29, 1.82) is 5.26 Å². The molecule has 1 spiro atoms. The number of allylic oxidation sites excluding steroid dienone is 2. The quantitative estimate of drug-likeness (QED) is 0.373. The summed E-state index contributed by atoms with van der Waals surface area (Å²) < 4.78 is 6.37. The third-order valence-electron chi connectivity index (χ3n) is 8.96. The summed E-state index contributed by atoms with van der Waals surface area (Å²) in [6.45, 7) is 5.03. The Bertz CT molecular complexity index is 1590. The van der Waals surface area contributed by atoms with E-state index in [1.54, 1.807) is 6.07 Å². The van der Waals surface area contributed by atoms with E-state index >= 15 is 0 Å². The maximum atomic E-state index is 14.2. The molecule has 1 aliphatic heterocycles. The molecule has 41 heavy (non-hydrogen) atoms. The van der Waals surface area contributed by atoms with Crippen LogP contribution in [0.1, 0.15) is 83.5 Å². The van der Waals surface area contributed by atoms with Crippen molar-refractivity contribution < 1.29 is 9.53 Å². The number of Topliss-reactive ketones (excluding diaryl/α,β-unsaturated/α-hetero) is 1. The lowest BCUT2D eigenvalue weighted by molar-refractivity contribution is 0.0999. The molecule has 3 aromatic rings. The second kappa shape index (κ2) is 10.8. The largest absolute Gasteiger partial charge is 0.473 e. The molecule has 6 rings (SSSR count). The molecule has 4 heterocycles. The Balaban J connectivity index is 1.42. The van der Waals surface area contributed by atoms with Crippen molar-refractivity contribution in [3.63, 3.8) is 0 Å². The van der Waals surface area contributed by atoms with Gasteiger partial charge < -0.3 is 16.2 Å². The van der Waals surface area contributed by atoms with Crippen LogP contribution >= 0.6 is 22.7 Å². The molecule has 3 aliphatic rings. The fraction of sp³-hybridized carbons (Fsp3) is 0.500. The van der Waals surface area contributed by atoms with Gasteiger partial charge in [-0.25, -0.2) is 9.97 Å². The number of rotatable bonds is 6. The number of hydrogen-bond acceptors (Lipinski definition) is 11. The molecular formula is C30H35N7O2S2. The van der Waals surface area contributed by atoms with Crippen LogP contribution in [0.4, 0.5) is 5.00 Å². The minimum atomic E-state index is -0.569. The van der Waals surface area contributed by atoms with Crippen molar-refractivity contribution in [2.24, 2.45) is 5.73 Å². The number of carbonyl (C=O) groups excluding carboxylic acids is 1. The van der Waals surface area contributed by atoms with Crippen LogP contribution in [0.2, 0.25) is 0 Å². The van der Waals surface area contributed by atoms with Gasteiger partial charge in [-0.05, 0) is 84.4 Å². The van der Waals surface area contributed by atoms with E-state index in [1.807, 2.05) is 19.2 Å². The highest BCUT2D eigenvalue weighted by molar-refractivity contribution is 7.16. The summed E-state index contributed by atoms with van der Waals surface area (Å²) in [7, 11) is 2.11. The summed E-state index contributed by atoms with van der Waals surface area (Å²) in [6.07, 6.45) is 6.76. The number of ketones is 1. The molecule has 9 nitrogen and oxygen atoms in total. The van der Waals surface area contributed by atoms with E-state index in [1.165, 1.54) is 22.7 Å². The van der Waals surface area contributed by atoms with Crippen LogP contribution in [0.15, 0.2) is 22.7 Å². The summed E-state index contributed by atoms with van der Waals surface area (Å²) in [6, 6.07) is 4.37. The number of nitrogen functional groups attached to an aromatic ring is 1. The predicted octanol–water partition coefficient (Wildman–Crippen LogP) is 5.14. The molecule has 11 heteroatoms. The number of carbonyl (C=O) groups is 1. The Kier molecular flexibility index (Phi) is 7.34. The zero-order valence-corrected chi connectivity index (χ0v) is 25.3.